The molecule has 0 saturated carbocycles. The maximum absolute atomic E-state index is 16.3. The van der Waals surface area contributed by atoms with Crippen LogP contribution in [0.2, 0.25) is 15.1 Å². The number of benzene rings is 6. The fraction of sp³-hybridized carbons (Fsp3) is 0.375. The molecule has 121 heavy (non-hydrogen) atoms. The number of rotatable bonds is 19. The Morgan fingerprint density at radius 1 is 0.711 bits per heavy atom. The first kappa shape index (κ1) is 89.1. The standard InChI is InChI=1S/C80H86Cl3FN12O25/c1-31(2)15-47(86-5)72(108)94-62-64(102)35-9-13-51(44(82)18-35)117-53-21-38-22-54(68(53)121-79-69(67(105)66(104)55(30-97)119-79)120-57-26-80(4,70(106)32(3)116-57)88-28-33-16-39(29-87-27-33)89-71(107)37-7-11-43(81)46(84)20-37)118-52-14-10-36(19-45(52)83)65(103)63-77(113)93-61(78(114)96-115-6)42-23-40(98)24-50(100)58(42)41-17-34(8-12-49(41)99)59(74(110)95-63)92-75(111)60(38)91-73(109)48(25-56(85)101)90-76(62)112/h7-14,16-24,27,29,31-32,47-48,55,57,59-67,69-70,79,86,88,97-100,102-106H,15,25-26,28,30H2,1-6H3,(H2,85,101)(H,89,107)(H,90,112)(H,91,109)(H,92,111)(H,93,113)(H,94,108)(H,95,110)(H,96,114)/t32?,47?,48?,55?,57?,59?,60?,61-,62?,63?,64?,65?,66?,67?,69?,70?,79?,80-/m1/s1. The summed E-state index contributed by atoms with van der Waals surface area (Å²) in [5.74, 6) is -17.0. The van der Waals surface area contributed by atoms with Crippen LogP contribution in [0.3, 0.4) is 0 Å². The number of phenols is 3. The van der Waals surface area contributed by atoms with Crippen LogP contribution in [-0.2, 0) is 63.9 Å². The number of hydrogen-bond acceptors (Lipinski definition) is 28. The van der Waals surface area contributed by atoms with Crippen molar-refractivity contribution in [3.05, 3.63) is 175 Å². The zero-order chi connectivity index (χ0) is 87.5. The Hall–Kier alpha value is -11.2. The average molecular weight is 1740 g/mol. The van der Waals surface area contributed by atoms with Gasteiger partial charge in [-0.05, 0) is 145 Å². The number of amides is 9. The van der Waals surface area contributed by atoms with E-state index in [2.05, 4.69) is 58.3 Å². The van der Waals surface area contributed by atoms with Crippen molar-refractivity contribution >= 4 is 93.7 Å². The molecule has 18 atom stereocenters. The van der Waals surface area contributed by atoms with Crippen molar-refractivity contribution in [2.75, 3.05) is 26.1 Å². The van der Waals surface area contributed by atoms with E-state index in [1.54, 1.807) is 13.0 Å². The molecule has 6 aromatic carbocycles. The second-order valence-corrected chi connectivity index (χ2v) is 31.2. The number of ether oxygens (including phenoxy) is 6. The van der Waals surface area contributed by atoms with Gasteiger partial charge in [-0.1, -0.05) is 66.8 Å². The summed E-state index contributed by atoms with van der Waals surface area (Å²) >= 11 is 20.2. The second-order valence-electron chi connectivity index (χ2n) is 30.0. The van der Waals surface area contributed by atoms with E-state index in [0.29, 0.717) is 5.56 Å². The molecule has 11 bridgehead atoms. The normalized spacial score (nSPS) is 26.4. The van der Waals surface area contributed by atoms with Crippen LogP contribution in [0.5, 0.6) is 46.0 Å². The van der Waals surface area contributed by atoms with Gasteiger partial charge in [-0.3, -0.25) is 53.0 Å². The minimum atomic E-state index is -2.39. The maximum Gasteiger partial charge on any atom is 0.270 e. The predicted molar refractivity (Wildman–Crippen MR) is 423 cm³/mol. The van der Waals surface area contributed by atoms with Gasteiger partial charge >= 0.3 is 0 Å². The zero-order valence-corrected chi connectivity index (χ0v) is 67.3. The van der Waals surface area contributed by atoms with Crippen molar-refractivity contribution in [3.8, 4) is 57.1 Å². The van der Waals surface area contributed by atoms with Gasteiger partial charge in [0, 0.05) is 47.5 Å². The SMILES string of the molecule is CNC(CC(C)C)C(=O)NC1C(=O)NC(CC(N)=O)C(=O)NC2C(=O)NC3C(=O)NC(C(=O)N[C@@H](C(=O)NOC)c4cc(O)cc(O)c4-c4cc3ccc4O)C(O)c3ccc(c(Cl)c3)Oc3cc2cc(c3OC2OC(CO)C(O)C(O)C2OC2C[C@@](C)(NCc3cncc(NC(=O)c4ccc(Cl)c(F)c4)c3)C(O)C(C)O2)Oc2ccc(cc2Cl)C1O. The minimum absolute atomic E-state index is 0.0447. The van der Waals surface area contributed by atoms with E-state index in [-0.39, 0.29) is 64.0 Å². The van der Waals surface area contributed by atoms with E-state index in [0.717, 1.165) is 79.9 Å². The number of carbonyl (C=O) groups excluding carboxylic acids is 9. The number of carbonyl (C=O) groups is 9. The van der Waals surface area contributed by atoms with Gasteiger partial charge in [0.1, 0.15) is 101 Å². The first-order valence-corrected chi connectivity index (χ1v) is 38.8. The number of aromatic nitrogens is 1. The van der Waals surface area contributed by atoms with Gasteiger partial charge in [-0.2, -0.15) is 0 Å². The van der Waals surface area contributed by atoms with Gasteiger partial charge in [0.2, 0.25) is 53.4 Å². The molecule has 14 rings (SSSR count). The third-order valence-electron chi connectivity index (χ3n) is 20.9. The van der Waals surface area contributed by atoms with Crippen molar-refractivity contribution < 1.29 is 127 Å². The fourth-order valence-corrected chi connectivity index (χ4v) is 15.2. The van der Waals surface area contributed by atoms with Crippen LogP contribution in [0.4, 0.5) is 10.1 Å². The van der Waals surface area contributed by atoms with Crippen molar-refractivity contribution in [1.29, 1.82) is 0 Å². The van der Waals surface area contributed by atoms with Crippen LogP contribution < -0.4 is 73.3 Å². The topological polar surface area (TPSA) is 560 Å². The highest BCUT2D eigenvalue weighted by Crippen LogP contribution is 2.50. The average Bonchev–Trinajstić information content (AvgIpc) is 0.765. The maximum atomic E-state index is 16.3. The number of aliphatic hydroxyl groups excluding tert-OH is 6. The molecule has 7 aliphatic heterocycles. The number of hydrogen-bond donors (Lipinski definition) is 20. The summed E-state index contributed by atoms with van der Waals surface area (Å²) in [5, 5.41) is 129. The summed E-state index contributed by atoms with van der Waals surface area (Å²) in [5.41, 5.74) is 4.40. The molecule has 0 spiro atoms. The number of anilines is 1. The van der Waals surface area contributed by atoms with E-state index in [1.165, 1.54) is 50.6 Å². The summed E-state index contributed by atoms with van der Waals surface area (Å²) in [6, 6.07) is 4.64. The molecule has 644 valence electrons. The Labute approximate surface area is 702 Å². The predicted octanol–water partition coefficient (Wildman–Crippen LogP) is 2.97. The molecule has 7 aromatic rings. The number of nitrogens with one attached hydrogen (secondary N) is 10. The molecule has 37 nitrogen and oxygen atoms in total. The number of pyridine rings is 1. The van der Waals surface area contributed by atoms with Crippen molar-refractivity contribution in [2.24, 2.45) is 11.7 Å². The molecule has 16 unspecified atom stereocenters. The Morgan fingerprint density at radius 3 is 2.00 bits per heavy atom. The fourth-order valence-electron chi connectivity index (χ4n) is 14.6. The summed E-state index contributed by atoms with van der Waals surface area (Å²) in [6.07, 6.45) is -16.6. The third-order valence-corrected chi connectivity index (χ3v) is 21.8. The number of halogens is 4. The first-order chi connectivity index (χ1) is 57.4. The molecule has 41 heteroatoms. The summed E-state index contributed by atoms with van der Waals surface area (Å²) in [4.78, 5) is 142. The molecular formula is C80H86Cl3FN12O25. The van der Waals surface area contributed by atoms with Crippen molar-refractivity contribution in [2.45, 2.75) is 163 Å². The lowest BCUT2D eigenvalue weighted by atomic mass is 9.84. The quantitative estimate of drug-likeness (QED) is 0.0517. The highest BCUT2D eigenvalue weighted by Gasteiger charge is 2.52. The molecule has 9 amide bonds. The van der Waals surface area contributed by atoms with Crippen LogP contribution in [0.15, 0.2) is 116 Å². The smallest absolute Gasteiger partial charge is 0.270 e. The van der Waals surface area contributed by atoms with Crippen LogP contribution in [0.25, 0.3) is 11.1 Å². The highest BCUT2D eigenvalue weighted by atomic mass is 35.5. The second kappa shape index (κ2) is 37.4. The van der Waals surface area contributed by atoms with Gasteiger partial charge in [-0.25, -0.2) is 9.87 Å². The summed E-state index contributed by atoms with van der Waals surface area (Å²) in [6.45, 7) is 5.67. The van der Waals surface area contributed by atoms with E-state index >= 15 is 19.2 Å². The number of nitrogens with two attached hydrogens (primary N) is 1. The lowest BCUT2D eigenvalue weighted by Crippen LogP contribution is -2.65. The number of likely N-dealkylation sites (N-methyl/N-ethyl adjacent to an activating group) is 1. The number of fused-ring (bicyclic) bond motifs is 15. The van der Waals surface area contributed by atoms with Gasteiger partial charge in [0.25, 0.3) is 11.8 Å². The summed E-state index contributed by atoms with van der Waals surface area (Å²) < 4.78 is 53.8. The zero-order valence-electron chi connectivity index (χ0n) is 65.0. The number of phenolic OH excluding ortho intramolecular Hbond substituents is 3. The Balaban J connectivity index is 1.03. The molecule has 8 heterocycles. The Bertz CT molecular complexity index is 5180. The first-order valence-electron chi connectivity index (χ1n) is 37.7. The van der Waals surface area contributed by atoms with E-state index < -0.39 is 254 Å². The molecular weight excluding hydrogens is 1650 g/mol. The van der Waals surface area contributed by atoms with E-state index in [4.69, 9.17) is 73.8 Å². The number of primary amides is 1. The third kappa shape index (κ3) is 19.7. The molecule has 7 aliphatic rings. The molecule has 1 aromatic heterocycles. The van der Waals surface area contributed by atoms with Crippen LogP contribution in [-0.4, -0.2) is 204 Å². The van der Waals surface area contributed by atoms with Gasteiger partial charge in [0.15, 0.2) is 23.9 Å². The van der Waals surface area contributed by atoms with Crippen LogP contribution >= 0.6 is 34.8 Å². The monoisotopic (exact) mass is 1740 g/mol. The number of aliphatic hydroxyl groups is 6. The number of nitrogens with zero attached hydrogens (tertiary/aromatic N) is 1. The lowest BCUT2D eigenvalue weighted by Gasteiger charge is -2.48. The van der Waals surface area contributed by atoms with E-state index in [9.17, 15) is 74.3 Å². The largest absolute Gasteiger partial charge is 0.508 e. The van der Waals surface area contributed by atoms with Gasteiger partial charge in [0.05, 0.1) is 65.3 Å². The Kier molecular flexibility index (Phi) is 27.6. The van der Waals surface area contributed by atoms with Crippen LogP contribution in [0, 0.1) is 11.7 Å². The minimum Gasteiger partial charge on any atom is -0.508 e. The molecule has 21 N–H and O–H groups in total. The summed E-state index contributed by atoms with van der Waals surface area (Å²) in [7, 11) is 2.50. The highest BCUT2D eigenvalue weighted by molar-refractivity contribution is 6.32. The molecule has 2 saturated heterocycles. The van der Waals surface area contributed by atoms with Crippen molar-refractivity contribution in [1.82, 2.24) is 53.0 Å². The molecule has 2 fully saturated rings. The van der Waals surface area contributed by atoms with Crippen molar-refractivity contribution in [3.63, 3.8) is 0 Å². The van der Waals surface area contributed by atoms with Gasteiger partial charge < -0.3 is 128 Å². The van der Waals surface area contributed by atoms with Gasteiger partial charge in [-0.15, -0.1) is 0 Å². The Morgan fingerprint density at radius 2 is 1.36 bits per heavy atom. The van der Waals surface area contributed by atoms with Crippen LogP contribution in [0.1, 0.15) is 121 Å². The number of hydroxylamine groups is 1. The lowest BCUT2D eigenvalue weighted by molar-refractivity contribution is -0.334. The van der Waals surface area contributed by atoms with E-state index in [1.807, 2.05) is 13.8 Å². The molecule has 0 radical (unpaired) electrons. The molecule has 0 aliphatic carbocycles. The number of aromatic hydroxyl groups is 3.